The van der Waals surface area contributed by atoms with Gasteiger partial charge in [-0.05, 0) is 25.0 Å². The van der Waals surface area contributed by atoms with Gasteiger partial charge < -0.3 is 4.90 Å². The highest BCUT2D eigenvalue weighted by Gasteiger charge is 2.19. The minimum atomic E-state index is 0.874. The van der Waals surface area contributed by atoms with Crippen LogP contribution in [0, 0.1) is 13.8 Å². The Labute approximate surface area is 160 Å². The van der Waals surface area contributed by atoms with Crippen molar-refractivity contribution >= 4 is 5.82 Å². The molecule has 1 aliphatic heterocycles. The smallest absolute Gasteiger partial charge is 0.147 e. The van der Waals surface area contributed by atoms with Gasteiger partial charge in [-0.25, -0.2) is 4.98 Å². The molecule has 4 rings (SSSR count). The van der Waals surface area contributed by atoms with Gasteiger partial charge in [0.2, 0.25) is 0 Å². The van der Waals surface area contributed by atoms with E-state index in [-0.39, 0.29) is 0 Å². The van der Waals surface area contributed by atoms with Crippen molar-refractivity contribution in [1.29, 1.82) is 0 Å². The van der Waals surface area contributed by atoms with Gasteiger partial charge in [0.05, 0.1) is 24.3 Å². The van der Waals surface area contributed by atoms with Crippen LogP contribution >= 0.6 is 0 Å². The molecular weight excluding hydrogens is 336 g/mol. The summed E-state index contributed by atoms with van der Waals surface area (Å²) in [6, 6.07) is 6.72. The fourth-order valence-corrected chi connectivity index (χ4v) is 3.55. The van der Waals surface area contributed by atoms with Crippen LogP contribution in [0.15, 0.2) is 43.0 Å². The summed E-state index contributed by atoms with van der Waals surface area (Å²) < 4.78 is 1.79. The minimum Gasteiger partial charge on any atom is -0.353 e. The van der Waals surface area contributed by atoms with E-state index in [2.05, 4.69) is 51.9 Å². The molecule has 1 saturated heterocycles. The Kier molecular flexibility index (Phi) is 4.90. The maximum Gasteiger partial charge on any atom is 0.147 e. The van der Waals surface area contributed by atoms with Crippen molar-refractivity contribution in [3.8, 4) is 11.3 Å². The molecule has 1 aliphatic rings. The molecule has 0 N–H and O–H groups in total. The molecule has 27 heavy (non-hydrogen) atoms. The first kappa shape index (κ1) is 17.7. The number of nitrogens with zero attached hydrogens (tertiary/aromatic N) is 6. The van der Waals surface area contributed by atoms with Gasteiger partial charge >= 0.3 is 0 Å². The van der Waals surface area contributed by atoms with Gasteiger partial charge in [-0.2, -0.15) is 5.10 Å². The van der Waals surface area contributed by atoms with Crippen molar-refractivity contribution in [2.45, 2.75) is 20.4 Å². The standard InChI is InChI=1S/C21H26N6/c1-16-4-5-17(2)18(10-16)15-26-6-8-27(9-7-26)21-13-22-12-20(24-21)19-11-23-25(3)14-19/h4-5,10-14H,6-9,15H2,1-3H3. The van der Waals surface area contributed by atoms with Gasteiger partial charge in [0, 0.05) is 51.5 Å². The van der Waals surface area contributed by atoms with E-state index in [1.54, 1.807) is 10.9 Å². The molecular formula is C21H26N6. The third kappa shape index (κ3) is 4.01. The lowest BCUT2D eigenvalue weighted by atomic mass is 10.0. The Morgan fingerprint density at radius 3 is 2.56 bits per heavy atom. The summed E-state index contributed by atoms with van der Waals surface area (Å²) in [5, 5.41) is 4.23. The van der Waals surface area contributed by atoms with Gasteiger partial charge in [-0.1, -0.05) is 23.8 Å². The summed E-state index contributed by atoms with van der Waals surface area (Å²) in [6.07, 6.45) is 7.46. The zero-order chi connectivity index (χ0) is 18.8. The van der Waals surface area contributed by atoms with Gasteiger partial charge in [-0.3, -0.25) is 14.6 Å². The maximum atomic E-state index is 4.81. The monoisotopic (exact) mass is 362 g/mol. The van der Waals surface area contributed by atoms with Crippen molar-refractivity contribution < 1.29 is 0 Å². The van der Waals surface area contributed by atoms with E-state index in [0.29, 0.717) is 0 Å². The van der Waals surface area contributed by atoms with Gasteiger partial charge in [0.15, 0.2) is 0 Å². The molecule has 0 spiro atoms. The van der Waals surface area contributed by atoms with Gasteiger partial charge in [-0.15, -0.1) is 0 Å². The topological polar surface area (TPSA) is 50.1 Å². The third-order valence-corrected chi connectivity index (χ3v) is 5.22. The largest absolute Gasteiger partial charge is 0.353 e. The lowest BCUT2D eigenvalue weighted by molar-refractivity contribution is 0.249. The molecule has 1 aromatic carbocycles. The zero-order valence-electron chi connectivity index (χ0n) is 16.3. The van der Waals surface area contributed by atoms with Crippen molar-refractivity contribution in [2.24, 2.45) is 7.05 Å². The summed E-state index contributed by atoms with van der Waals surface area (Å²) >= 11 is 0. The molecule has 0 unspecified atom stereocenters. The first-order valence-corrected chi connectivity index (χ1v) is 9.43. The summed E-state index contributed by atoms with van der Waals surface area (Å²) in [6.45, 7) is 9.38. The summed E-state index contributed by atoms with van der Waals surface area (Å²) in [5.74, 6) is 0.947. The van der Waals surface area contributed by atoms with Crippen molar-refractivity contribution in [3.63, 3.8) is 0 Å². The predicted molar refractivity (Wildman–Crippen MR) is 108 cm³/mol. The van der Waals surface area contributed by atoms with Gasteiger partial charge in [0.1, 0.15) is 5.82 Å². The van der Waals surface area contributed by atoms with E-state index in [4.69, 9.17) is 4.98 Å². The molecule has 6 heteroatoms. The number of hydrogen-bond donors (Lipinski definition) is 0. The van der Waals surface area contributed by atoms with Crippen molar-refractivity contribution in [3.05, 3.63) is 59.7 Å². The highest BCUT2D eigenvalue weighted by molar-refractivity contribution is 5.58. The summed E-state index contributed by atoms with van der Waals surface area (Å²) in [4.78, 5) is 14.1. The van der Waals surface area contributed by atoms with Crippen LogP contribution in [-0.4, -0.2) is 50.8 Å². The number of rotatable bonds is 4. The van der Waals surface area contributed by atoms with Crippen LogP contribution in [0.2, 0.25) is 0 Å². The van der Waals surface area contributed by atoms with E-state index in [1.807, 2.05) is 25.6 Å². The van der Waals surface area contributed by atoms with Crippen molar-refractivity contribution in [2.75, 3.05) is 31.1 Å². The lowest BCUT2D eigenvalue weighted by Crippen LogP contribution is -2.46. The molecule has 0 saturated carbocycles. The quantitative estimate of drug-likeness (QED) is 0.714. The fourth-order valence-electron chi connectivity index (χ4n) is 3.55. The molecule has 3 aromatic rings. The van der Waals surface area contributed by atoms with Crippen LogP contribution in [0.5, 0.6) is 0 Å². The number of hydrogen-bond acceptors (Lipinski definition) is 5. The second kappa shape index (κ2) is 7.48. The fraction of sp³-hybridized carbons (Fsp3) is 0.381. The SMILES string of the molecule is Cc1ccc(C)c(CN2CCN(c3cncc(-c4cnn(C)c4)n3)CC2)c1. The highest BCUT2D eigenvalue weighted by Crippen LogP contribution is 2.20. The molecule has 0 bridgehead atoms. The van der Waals surface area contributed by atoms with E-state index >= 15 is 0 Å². The second-order valence-corrected chi connectivity index (χ2v) is 7.36. The molecule has 0 amide bonds. The Hall–Kier alpha value is -2.73. The Bertz CT molecular complexity index is 924. The molecule has 0 radical (unpaired) electrons. The van der Waals surface area contributed by atoms with E-state index in [9.17, 15) is 0 Å². The molecule has 140 valence electrons. The minimum absolute atomic E-state index is 0.874. The van der Waals surface area contributed by atoms with Crippen molar-refractivity contribution in [1.82, 2.24) is 24.6 Å². The molecule has 0 aliphatic carbocycles. The first-order valence-electron chi connectivity index (χ1n) is 9.43. The molecule has 0 atom stereocenters. The summed E-state index contributed by atoms with van der Waals surface area (Å²) in [7, 11) is 1.91. The number of aryl methyl sites for hydroxylation is 3. The van der Waals surface area contributed by atoms with E-state index in [0.717, 1.165) is 49.8 Å². The Morgan fingerprint density at radius 2 is 1.81 bits per heavy atom. The third-order valence-electron chi connectivity index (χ3n) is 5.22. The van der Waals surface area contributed by atoms with Crippen LogP contribution in [0.25, 0.3) is 11.3 Å². The molecule has 1 fully saturated rings. The van der Waals surface area contributed by atoms with Crippen LogP contribution in [0.1, 0.15) is 16.7 Å². The average Bonchev–Trinajstić information content (AvgIpc) is 3.12. The van der Waals surface area contributed by atoms with Crippen LogP contribution in [-0.2, 0) is 13.6 Å². The van der Waals surface area contributed by atoms with E-state index in [1.165, 1.54) is 16.7 Å². The molecule has 2 aromatic heterocycles. The Balaban J connectivity index is 1.41. The highest BCUT2D eigenvalue weighted by atomic mass is 15.3. The summed E-state index contributed by atoms with van der Waals surface area (Å²) in [5.41, 5.74) is 6.01. The lowest BCUT2D eigenvalue weighted by Gasteiger charge is -2.35. The van der Waals surface area contributed by atoms with Gasteiger partial charge in [0.25, 0.3) is 0 Å². The van der Waals surface area contributed by atoms with Crippen LogP contribution in [0.4, 0.5) is 5.82 Å². The Morgan fingerprint density at radius 1 is 1.00 bits per heavy atom. The normalized spacial score (nSPS) is 15.3. The molecule has 6 nitrogen and oxygen atoms in total. The number of anilines is 1. The van der Waals surface area contributed by atoms with Crippen LogP contribution < -0.4 is 4.90 Å². The second-order valence-electron chi connectivity index (χ2n) is 7.36. The number of aromatic nitrogens is 4. The average molecular weight is 362 g/mol. The maximum absolute atomic E-state index is 4.81. The zero-order valence-corrected chi connectivity index (χ0v) is 16.3. The van der Waals surface area contributed by atoms with E-state index < -0.39 is 0 Å². The number of benzene rings is 1. The number of piperazine rings is 1. The predicted octanol–water partition coefficient (Wildman–Crippen LogP) is 2.82. The first-order chi connectivity index (χ1) is 13.1. The molecule has 3 heterocycles. The van der Waals surface area contributed by atoms with Crippen LogP contribution in [0.3, 0.4) is 0 Å².